The topological polar surface area (TPSA) is 41.6 Å². The first-order valence-electron chi connectivity index (χ1n) is 7.16. The van der Waals surface area contributed by atoms with Gasteiger partial charge in [-0.25, -0.2) is 0 Å². The SMILES string of the molecule is CC(=O)N1CCC(NCC2(C)CCOCC2)CC1. The van der Waals surface area contributed by atoms with Crippen LogP contribution in [0.2, 0.25) is 0 Å². The van der Waals surface area contributed by atoms with Gasteiger partial charge in [0.05, 0.1) is 0 Å². The first kappa shape index (κ1) is 13.8. The van der Waals surface area contributed by atoms with Crippen molar-refractivity contribution in [3.05, 3.63) is 0 Å². The van der Waals surface area contributed by atoms with Gasteiger partial charge in [0.15, 0.2) is 0 Å². The lowest BCUT2D eigenvalue weighted by Crippen LogP contribution is -2.47. The summed E-state index contributed by atoms with van der Waals surface area (Å²) in [6.45, 7) is 8.73. The highest BCUT2D eigenvalue weighted by Crippen LogP contribution is 2.29. The van der Waals surface area contributed by atoms with Crippen molar-refractivity contribution < 1.29 is 9.53 Å². The number of likely N-dealkylation sites (tertiary alicyclic amines) is 1. The normalized spacial score (nSPS) is 25.1. The highest BCUT2D eigenvalue weighted by atomic mass is 16.5. The number of nitrogens with zero attached hydrogens (tertiary/aromatic N) is 1. The molecule has 0 aromatic heterocycles. The van der Waals surface area contributed by atoms with Gasteiger partial charge in [0.1, 0.15) is 0 Å². The lowest BCUT2D eigenvalue weighted by atomic mass is 9.82. The molecule has 0 saturated carbocycles. The molecule has 4 heteroatoms. The van der Waals surface area contributed by atoms with Gasteiger partial charge >= 0.3 is 0 Å². The fourth-order valence-corrected chi connectivity index (χ4v) is 2.83. The van der Waals surface area contributed by atoms with Gasteiger partial charge in [-0.3, -0.25) is 4.79 Å². The van der Waals surface area contributed by atoms with E-state index < -0.39 is 0 Å². The molecule has 0 atom stereocenters. The molecular weight excluding hydrogens is 228 g/mol. The molecule has 0 bridgehead atoms. The third kappa shape index (κ3) is 3.69. The quantitative estimate of drug-likeness (QED) is 0.828. The molecule has 4 nitrogen and oxygen atoms in total. The van der Waals surface area contributed by atoms with Gasteiger partial charge < -0.3 is 15.0 Å². The van der Waals surface area contributed by atoms with Crippen LogP contribution in [0.25, 0.3) is 0 Å². The second-order valence-electron chi connectivity index (χ2n) is 6.08. The van der Waals surface area contributed by atoms with Gasteiger partial charge in [-0.05, 0) is 31.1 Å². The summed E-state index contributed by atoms with van der Waals surface area (Å²) >= 11 is 0. The van der Waals surface area contributed by atoms with Crippen molar-refractivity contribution in [2.24, 2.45) is 5.41 Å². The zero-order valence-corrected chi connectivity index (χ0v) is 11.7. The molecule has 2 saturated heterocycles. The molecule has 0 spiro atoms. The van der Waals surface area contributed by atoms with Crippen molar-refractivity contribution in [3.63, 3.8) is 0 Å². The fourth-order valence-electron chi connectivity index (χ4n) is 2.83. The average Bonchev–Trinajstić information content (AvgIpc) is 2.38. The van der Waals surface area contributed by atoms with Crippen LogP contribution in [-0.4, -0.2) is 49.7 Å². The highest BCUT2D eigenvalue weighted by molar-refractivity contribution is 5.73. The van der Waals surface area contributed by atoms with E-state index in [1.54, 1.807) is 6.92 Å². The van der Waals surface area contributed by atoms with E-state index in [1.165, 1.54) is 0 Å². The van der Waals surface area contributed by atoms with Crippen molar-refractivity contribution in [3.8, 4) is 0 Å². The Morgan fingerprint density at radius 2 is 1.94 bits per heavy atom. The molecule has 0 aromatic rings. The fraction of sp³-hybridized carbons (Fsp3) is 0.929. The molecule has 0 aromatic carbocycles. The zero-order valence-electron chi connectivity index (χ0n) is 11.7. The van der Waals surface area contributed by atoms with Crippen LogP contribution in [0.5, 0.6) is 0 Å². The smallest absolute Gasteiger partial charge is 0.219 e. The van der Waals surface area contributed by atoms with Crippen molar-refractivity contribution >= 4 is 5.91 Å². The van der Waals surface area contributed by atoms with Crippen molar-refractivity contribution in [1.82, 2.24) is 10.2 Å². The van der Waals surface area contributed by atoms with Gasteiger partial charge in [-0.1, -0.05) is 6.92 Å². The number of nitrogens with one attached hydrogen (secondary N) is 1. The monoisotopic (exact) mass is 254 g/mol. The van der Waals surface area contributed by atoms with Gasteiger partial charge in [0, 0.05) is 45.8 Å². The molecule has 1 N–H and O–H groups in total. The summed E-state index contributed by atoms with van der Waals surface area (Å²) in [4.78, 5) is 13.2. The third-order valence-electron chi connectivity index (χ3n) is 4.46. The molecule has 2 aliphatic rings. The van der Waals surface area contributed by atoms with E-state index >= 15 is 0 Å². The van der Waals surface area contributed by atoms with Crippen LogP contribution in [0.15, 0.2) is 0 Å². The lowest BCUT2D eigenvalue weighted by molar-refractivity contribution is -0.129. The van der Waals surface area contributed by atoms with E-state index in [-0.39, 0.29) is 5.91 Å². The van der Waals surface area contributed by atoms with Gasteiger partial charge in [0.2, 0.25) is 5.91 Å². The number of ether oxygens (including phenoxy) is 1. The maximum Gasteiger partial charge on any atom is 0.219 e. The number of hydrogen-bond acceptors (Lipinski definition) is 3. The number of piperidine rings is 1. The Hall–Kier alpha value is -0.610. The molecule has 104 valence electrons. The second kappa shape index (κ2) is 6.02. The van der Waals surface area contributed by atoms with E-state index in [0.29, 0.717) is 11.5 Å². The maximum atomic E-state index is 11.3. The number of hydrogen-bond donors (Lipinski definition) is 1. The Morgan fingerprint density at radius 1 is 1.33 bits per heavy atom. The van der Waals surface area contributed by atoms with Crippen molar-refractivity contribution in [2.75, 3.05) is 32.8 Å². The van der Waals surface area contributed by atoms with Crippen molar-refractivity contribution in [2.45, 2.75) is 45.6 Å². The van der Waals surface area contributed by atoms with E-state index in [1.807, 2.05) is 4.90 Å². The Morgan fingerprint density at radius 3 is 2.50 bits per heavy atom. The highest BCUT2D eigenvalue weighted by Gasteiger charge is 2.29. The Kier molecular flexibility index (Phi) is 4.62. The molecule has 18 heavy (non-hydrogen) atoms. The molecule has 2 rings (SSSR count). The third-order valence-corrected chi connectivity index (χ3v) is 4.46. The van der Waals surface area contributed by atoms with E-state index in [9.17, 15) is 4.79 Å². The van der Waals surface area contributed by atoms with Crippen LogP contribution in [0, 0.1) is 5.41 Å². The molecule has 1 amide bonds. The summed E-state index contributed by atoms with van der Waals surface area (Å²) in [6.07, 6.45) is 4.50. The first-order valence-corrected chi connectivity index (χ1v) is 7.16. The molecule has 0 aliphatic carbocycles. The van der Waals surface area contributed by atoms with Crippen LogP contribution >= 0.6 is 0 Å². The van der Waals surface area contributed by atoms with E-state index in [4.69, 9.17) is 4.74 Å². The molecule has 2 aliphatic heterocycles. The Labute approximate surface area is 110 Å². The second-order valence-corrected chi connectivity index (χ2v) is 6.08. The van der Waals surface area contributed by atoms with E-state index in [2.05, 4.69) is 12.2 Å². The van der Waals surface area contributed by atoms with E-state index in [0.717, 1.165) is 58.5 Å². The molecule has 2 heterocycles. The van der Waals surface area contributed by atoms with Crippen LogP contribution in [0.3, 0.4) is 0 Å². The summed E-state index contributed by atoms with van der Waals surface area (Å²) < 4.78 is 5.43. The predicted octanol–water partition coefficient (Wildman–Crippen LogP) is 1.40. The Bertz CT molecular complexity index is 280. The number of amides is 1. The van der Waals surface area contributed by atoms with Gasteiger partial charge in [-0.2, -0.15) is 0 Å². The summed E-state index contributed by atoms with van der Waals surface area (Å²) in [5, 5.41) is 3.70. The number of carbonyl (C=O) groups excluding carboxylic acids is 1. The molecule has 0 radical (unpaired) electrons. The van der Waals surface area contributed by atoms with Crippen LogP contribution in [-0.2, 0) is 9.53 Å². The summed E-state index contributed by atoms with van der Waals surface area (Å²) in [6, 6.07) is 0.584. The Balaban J connectivity index is 1.70. The van der Waals surface area contributed by atoms with Gasteiger partial charge in [-0.15, -0.1) is 0 Å². The van der Waals surface area contributed by atoms with Crippen LogP contribution < -0.4 is 5.32 Å². The standard InChI is InChI=1S/C14H26N2O2/c1-12(17)16-7-3-13(4-8-16)15-11-14(2)5-9-18-10-6-14/h13,15H,3-11H2,1-2H3. The summed E-state index contributed by atoms with van der Waals surface area (Å²) in [5.74, 6) is 0.213. The summed E-state index contributed by atoms with van der Waals surface area (Å²) in [5.41, 5.74) is 0.399. The first-order chi connectivity index (χ1) is 8.59. The largest absolute Gasteiger partial charge is 0.381 e. The van der Waals surface area contributed by atoms with Crippen LogP contribution in [0.4, 0.5) is 0 Å². The van der Waals surface area contributed by atoms with Crippen molar-refractivity contribution in [1.29, 1.82) is 0 Å². The lowest BCUT2D eigenvalue weighted by Gasteiger charge is -2.37. The number of carbonyl (C=O) groups is 1. The molecule has 0 unspecified atom stereocenters. The van der Waals surface area contributed by atoms with Crippen LogP contribution in [0.1, 0.15) is 39.5 Å². The summed E-state index contributed by atoms with van der Waals surface area (Å²) in [7, 11) is 0. The minimum Gasteiger partial charge on any atom is -0.381 e. The number of rotatable bonds is 3. The maximum absolute atomic E-state index is 11.3. The predicted molar refractivity (Wildman–Crippen MR) is 71.4 cm³/mol. The minimum absolute atomic E-state index is 0.213. The zero-order chi connectivity index (χ0) is 13.0. The molecule has 2 fully saturated rings. The average molecular weight is 254 g/mol. The molecular formula is C14H26N2O2. The van der Waals surface area contributed by atoms with Gasteiger partial charge in [0.25, 0.3) is 0 Å². The minimum atomic E-state index is 0.213.